The largest absolute Gasteiger partial charge is 0.323 e. The lowest BCUT2D eigenvalue weighted by atomic mass is 10.0. The number of para-hydroxylation sites is 1. The third-order valence-corrected chi connectivity index (χ3v) is 5.66. The predicted octanol–water partition coefficient (Wildman–Crippen LogP) is 1.72. The Hall–Kier alpha value is -1.89. The molecule has 0 radical (unpaired) electrons. The number of fused-ring (bicyclic) bond motifs is 1. The Balaban J connectivity index is 1.97. The van der Waals surface area contributed by atoms with Crippen LogP contribution in [0.15, 0.2) is 53.4 Å². The average Bonchev–Trinajstić information content (AvgIpc) is 2.54. The van der Waals surface area contributed by atoms with Gasteiger partial charge in [0.1, 0.15) is 4.90 Å². The van der Waals surface area contributed by atoms with E-state index in [1.807, 2.05) is 18.2 Å². The molecule has 5 nitrogen and oxygen atoms in total. The summed E-state index contributed by atoms with van der Waals surface area (Å²) < 4.78 is 27.1. The molecule has 21 heavy (non-hydrogen) atoms. The van der Waals surface area contributed by atoms with Crippen molar-refractivity contribution in [1.82, 2.24) is 4.31 Å². The molecule has 0 saturated heterocycles. The minimum absolute atomic E-state index is 0.215. The van der Waals surface area contributed by atoms with Crippen LogP contribution in [0.4, 0.5) is 5.69 Å². The Morgan fingerprint density at radius 2 is 1.67 bits per heavy atom. The molecule has 0 spiro atoms. The maximum absolute atomic E-state index is 12.8. The van der Waals surface area contributed by atoms with Gasteiger partial charge in [0, 0.05) is 13.1 Å². The predicted molar refractivity (Wildman–Crippen MR) is 82.0 cm³/mol. The summed E-state index contributed by atoms with van der Waals surface area (Å²) in [6.45, 7) is 0.885. The van der Waals surface area contributed by atoms with Gasteiger partial charge in [0.05, 0.1) is 5.69 Å². The van der Waals surface area contributed by atoms with Crippen molar-refractivity contribution in [3.8, 4) is 0 Å². The summed E-state index contributed by atoms with van der Waals surface area (Å²) in [6, 6.07) is 14.6. The number of nitrogen functional groups attached to an aromatic ring is 1. The van der Waals surface area contributed by atoms with Gasteiger partial charge in [0.2, 0.25) is 10.0 Å². The van der Waals surface area contributed by atoms with Crippen molar-refractivity contribution in [1.29, 1.82) is 0 Å². The molecular weight excluding hydrogens is 286 g/mol. The lowest BCUT2D eigenvalue weighted by molar-refractivity contribution is 0.391. The fourth-order valence-corrected chi connectivity index (χ4v) is 4.20. The summed E-state index contributed by atoms with van der Waals surface area (Å²) in [6.07, 6.45) is 0.730. The highest BCUT2D eigenvalue weighted by molar-refractivity contribution is 7.89. The molecule has 1 aliphatic heterocycles. The van der Waals surface area contributed by atoms with Gasteiger partial charge >= 0.3 is 0 Å². The van der Waals surface area contributed by atoms with Crippen molar-refractivity contribution in [2.45, 2.75) is 17.9 Å². The number of nitrogens with one attached hydrogen (secondary N) is 1. The molecule has 6 heteroatoms. The molecule has 0 saturated carbocycles. The minimum atomic E-state index is -3.56. The first-order valence-electron chi connectivity index (χ1n) is 6.75. The van der Waals surface area contributed by atoms with Crippen molar-refractivity contribution < 1.29 is 8.42 Å². The number of nitrogens with two attached hydrogens (primary N) is 1. The molecule has 110 valence electrons. The van der Waals surface area contributed by atoms with Crippen molar-refractivity contribution in [3.63, 3.8) is 0 Å². The van der Waals surface area contributed by atoms with E-state index in [-0.39, 0.29) is 4.90 Å². The Bertz CT molecular complexity index is 759. The van der Waals surface area contributed by atoms with Crippen LogP contribution in [0, 0.1) is 0 Å². The van der Waals surface area contributed by atoms with Crippen LogP contribution in [0.25, 0.3) is 0 Å². The van der Waals surface area contributed by atoms with Crippen LogP contribution in [0.5, 0.6) is 0 Å². The van der Waals surface area contributed by atoms with Gasteiger partial charge in [-0.05, 0) is 29.7 Å². The van der Waals surface area contributed by atoms with Gasteiger partial charge in [-0.2, -0.15) is 4.31 Å². The molecule has 0 fully saturated rings. The molecule has 3 N–H and O–H groups in total. The smallest absolute Gasteiger partial charge is 0.245 e. The molecule has 0 aliphatic carbocycles. The van der Waals surface area contributed by atoms with Gasteiger partial charge in [-0.25, -0.2) is 8.42 Å². The highest BCUT2D eigenvalue weighted by Crippen LogP contribution is 2.28. The zero-order chi connectivity index (χ0) is 14.9. The molecule has 0 bridgehead atoms. The van der Waals surface area contributed by atoms with Gasteiger partial charge < -0.3 is 5.43 Å². The molecule has 2 aromatic rings. The number of nitrogens with zero attached hydrogens (tertiary/aromatic N) is 1. The Kier molecular flexibility index (Phi) is 3.67. The Morgan fingerprint density at radius 3 is 2.43 bits per heavy atom. The Morgan fingerprint density at radius 1 is 1.00 bits per heavy atom. The van der Waals surface area contributed by atoms with Crippen molar-refractivity contribution in [3.05, 3.63) is 59.7 Å². The normalized spacial score (nSPS) is 15.5. The van der Waals surface area contributed by atoms with E-state index in [1.165, 1.54) is 9.87 Å². The van der Waals surface area contributed by atoms with Crippen LogP contribution >= 0.6 is 0 Å². The second-order valence-electron chi connectivity index (χ2n) is 5.00. The molecule has 0 aromatic heterocycles. The first-order chi connectivity index (χ1) is 10.1. The quantitative estimate of drug-likeness (QED) is 0.669. The lowest BCUT2D eigenvalue weighted by Crippen LogP contribution is -2.36. The summed E-state index contributed by atoms with van der Waals surface area (Å²) in [5.74, 6) is 5.42. The number of rotatable bonds is 3. The van der Waals surface area contributed by atoms with E-state index in [2.05, 4.69) is 11.5 Å². The number of anilines is 1. The summed E-state index contributed by atoms with van der Waals surface area (Å²) in [5, 5.41) is 0. The minimum Gasteiger partial charge on any atom is -0.323 e. The highest BCUT2D eigenvalue weighted by Gasteiger charge is 2.29. The van der Waals surface area contributed by atoms with E-state index in [1.54, 1.807) is 24.3 Å². The number of hydrazine groups is 1. The first kappa shape index (κ1) is 14.1. The standard InChI is InChI=1S/C15H17N3O2S/c16-17-14-7-3-4-8-15(14)21(19,20)18-10-9-12-5-1-2-6-13(12)11-18/h1-8,17H,9-11,16H2. The van der Waals surface area contributed by atoms with Gasteiger partial charge in [-0.3, -0.25) is 5.84 Å². The molecule has 0 amide bonds. The van der Waals surface area contributed by atoms with Crippen LogP contribution in [0.2, 0.25) is 0 Å². The lowest BCUT2D eigenvalue weighted by Gasteiger charge is -2.28. The monoisotopic (exact) mass is 303 g/mol. The van der Waals surface area contributed by atoms with Gasteiger partial charge in [-0.15, -0.1) is 0 Å². The van der Waals surface area contributed by atoms with Crippen LogP contribution in [-0.2, 0) is 23.0 Å². The zero-order valence-corrected chi connectivity index (χ0v) is 12.3. The van der Waals surface area contributed by atoms with Crippen LogP contribution in [0.1, 0.15) is 11.1 Å². The molecule has 0 atom stereocenters. The van der Waals surface area contributed by atoms with Gasteiger partial charge in [0.15, 0.2) is 0 Å². The fourth-order valence-electron chi connectivity index (χ4n) is 2.62. The molecule has 3 rings (SSSR count). The van der Waals surface area contributed by atoms with Crippen molar-refractivity contribution in [2.24, 2.45) is 5.84 Å². The topological polar surface area (TPSA) is 75.4 Å². The van der Waals surface area contributed by atoms with E-state index < -0.39 is 10.0 Å². The van der Waals surface area contributed by atoms with E-state index in [4.69, 9.17) is 5.84 Å². The third kappa shape index (κ3) is 2.53. The first-order valence-corrected chi connectivity index (χ1v) is 8.19. The number of benzene rings is 2. The third-order valence-electron chi connectivity index (χ3n) is 3.76. The molecule has 2 aromatic carbocycles. The van der Waals surface area contributed by atoms with E-state index in [0.717, 1.165) is 12.0 Å². The average molecular weight is 303 g/mol. The van der Waals surface area contributed by atoms with E-state index in [9.17, 15) is 8.42 Å². The van der Waals surface area contributed by atoms with Gasteiger partial charge in [0.25, 0.3) is 0 Å². The SMILES string of the molecule is NNc1ccccc1S(=O)(=O)N1CCc2ccccc2C1. The van der Waals surface area contributed by atoms with E-state index in [0.29, 0.717) is 18.8 Å². The Labute approximate surface area is 124 Å². The maximum atomic E-state index is 12.8. The van der Waals surface area contributed by atoms with Crippen LogP contribution in [0.3, 0.4) is 0 Å². The van der Waals surface area contributed by atoms with Crippen LogP contribution < -0.4 is 11.3 Å². The summed E-state index contributed by atoms with van der Waals surface area (Å²) in [4.78, 5) is 0.215. The van der Waals surface area contributed by atoms with Gasteiger partial charge in [-0.1, -0.05) is 36.4 Å². The second-order valence-corrected chi connectivity index (χ2v) is 6.90. The second kappa shape index (κ2) is 5.48. The number of hydrogen-bond acceptors (Lipinski definition) is 4. The van der Waals surface area contributed by atoms with E-state index >= 15 is 0 Å². The zero-order valence-electron chi connectivity index (χ0n) is 11.5. The summed E-state index contributed by atoms with van der Waals surface area (Å²) in [7, 11) is -3.56. The summed E-state index contributed by atoms with van der Waals surface area (Å²) >= 11 is 0. The maximum Gasteiger partial charge on any atom is 0.245 e. The molecule has 0 unspecified atom stereocenters. The number of sulfonamides is 1. The molecule has 1 aliphatic rings. The van der Waals surface area contributed by atoms with Crippen molar-refractivity contribution in [2.75, 3.05) is 12.0 Å². The number of hydrogen-bond donors (Lipinski definition) is 2. The highest BCUT2D eigenvalue weighted by atomic mass is 32.2. The fraction of sp³-hybridized carbons (Fsp3) is 0.200. The molecule has 1 heterocycles. The van der Waals surface area contributed by atoms with Crippen molar-refractivity contribution >= 4 is 15.7 Å². The molecular formula is C15H17N3O2S. The summed E-state index contributed by atoms with van der Waals surface area (Å²) in [5.41, 5.74) is 5.14. The van der Waals surface area contributed by atoms with Crippen LogP contribution in [-0.4, -0.2) is 19.3 Å².